The Bertz CT molecular complexity index is 2160. The molecule has 54 heavy (non-hydrogen) atoms. The Kier molecular flexibility index (Phi) is 10.6. The van der Waals surface area contributed by atoms with E-state index in [9.17, 15) is 0 Å². The van der Waals surface area contributed by atoms with Crippen molar-refractivity contribution >= 4 is 47.7 Å². The molecule has 0 spiro atoms. The molecule has 0 aliphatic carbocycles. The first-order chi connectivity index (χ1) is 26.6. The van der Waals surface area contributed by atoms with Gasteiger partial charge in [-0.05, 0) is 48.2 Å². The van der Waals surface area contributed by atoms with Gasteiger partial charge in [0.25, 0.3) is 0 Å². The van der Waals surface area contributed by atoms with Crippen LogP contribution in [0, 0.1) is 0 Å². The zero-order valence-corrected chi connectivity index (χ0v) is 32.4. The van der Waals surface area contributed by atoms with Crippen molar-refractivity contribution < 1.29 is 4.74 Å². The summed E-state index contributed by atoms with van der Waals surface area (Å²) in [6.45, 7) is 4.70. The zero-order valence-electron chi connectivity index (χ0n) is 30.6. The van der Waals surface area contributed by atoms with Crippen molar-refractivity contribution in [3.63, 3.8) is 0 Å². The predicted octanol–water partition coefficient (Wildman–Crippen LogP) is 11.0. The van der Waals surface area contributed by atoms with E-state index in [-0.39, 0.29) is 5.41 Å². The molecule has 0 amide bonds. The Morgan fingerprint density at radius 2 is 0.593 bits per heavy atom. The molecule has 0 fully saturated rings. The van der Waals surface area contributed by atoms with Crippen molar-refractivity contribution in [2.45, 2.75) is 19.3 Å². The number of hydrogen-bond donors (Lipinski definition) is 0. The minimum Gasteiger partial charge on any atom is -0.455 e. The fourth-order valence-corrected chi connectivity index (χ4v) is 12.1. The average molecular weight is 733 g/mol. The maximum absolute atomic E-state index is 7.26. The number of hydrogen-bond acceptors (Lipinski definition) is 1. The second-order valence-electron chi connectivity index (χ2n) is 13.8. The van der Waals surface area contributed by atoms with Gasteiger partial charge in [0.2, 0.25) is 0 Å². The van der Waals surface area contributed by atoms with Gasteiger partial charge in [-0.3, -0.25) is 0 Å². The van der Waals surface area contributed by atoms with Crippen LogP contribution in [0.15, 0.2) is 218 Å². The molecule has 0 N–H and O–H groups in total. The van der Waals surface area contributed by atoms with E-state index < -0.39 is 15.8 Å². The number of para-hydroxylation sites is 2. The van der Waals surface area contributed by atoms with Gasteiger partial charge in [-0.2, -0.15) is 0 Å². The highest BCUT2D eigenvalue weighted by Gasteiger charge is 2.39. The molecule has 0 saturated carbocycles. The van der Waals surface area contributed by atoms with Gasteiger partial charge in [0.15, 0.2) is 0 Å². The molecule has 8 aromatic carbocycles. The van der Waals surface area contributed by atoms with Crippen LogP contribution >= 0.6 is 15.8 Å². The fraction of sp³-hybridized carbons (Fsp3) is 0.0588. The van der Waals surface area contributed by atoms with E-state index in [1.807, 2.05) is 12.1 Å². The third-order valence-electron chi connectivity index (χ3n) is 9.96. The van der Waals surface area contributed by atoms with Crippen LogP contribution < -0.4 is 36.6 Å². The van der Waals surface area contributed by atoms with E-state index in [4.69, 9.17) is 4.74 Å². The van der Waals surface area contributed by atoms with Crippen molar-refractivity contribution in [2.75, 3.05) is 0 Å². The van der Waals surface area contributed by atoms with Crippen LogP contribution in [0.25, 0.3) is 11.1 Å². The van der Waals surface area contributed by atoms with Crippen LogP contribution in [0.5, 0.6) is 11.5 Å². The van der Waals surface area contributed by atoms with E-state index in [2.05, 4.69) is 220 Å². The molecule has 0 aromatic heterocycles. The summed E-state index contributed by atoms with van der Waals surface area (Å²) < 4.78 is 7.26. The predicted molar refractivity (Wildman–Crippen MR) is 234 cm³/mol. The third kappa shape index (κ3) is 7.31. The number of benzene rings is 8. The second kappa shape index (κ2) is 16.2. The van der Waals surface area contributed by atoms with Crippen LogP contribution in [-0.4, -0.2) is 0 Å². The first-order valence-electron chi connectivity index (χ1n) is 18.5. The molecule has 0 bridgehead atoms. The van der Waals surface area contributed by atoms with Crippen LogP contribution in [0.1, 0.15) is 25.0 Å². The third-order valence-corrected chi connectivity index (χ3v) is 14.9. The van der Waals surface area contributed by atoms with Crippen LogP contribution in [0.3, 0.4) is 0 Å². The lowest BCUT2D eigenvalue weighted by Crippen LogP contribution is -2.32. The Balaban J connectivity index is 0.000000292. The van der Waals surface area contributed by atoms with Gasteiger partial charge in [-0.15, -0.1) is 0 Å². The van der Waals surface area contributed by atoms with Gasteiger partial charge >= 0.3 is 0 Å². The normalized spacial score (nSPS) is 12.5. The van der Waals surface area contributed by atoms with Gasteiger partial charge in [0.1, 0.15) is 11.5 Å². The summed E-state index contributed by atoms with van der Waals surface area (Å²) >= 11 is 0. The minimum absolute atomic E-state index is 0.225. The molecule has 0 unspecified atom stereocenters. The van der Waals surface area contributed by atoms with Crippen molar-refractivity contribution in [2.24, 2.45) is 0 Å². The summed E-state index contributed by atoms with van der Waals surface area (Å²) in [5.74, 6) is 2.02. The van der Waals surface area contributed by atoms with Crippen LogP contribution in [0.2, 0.25) is 0 Å². The lowest BCUT2D eigenvalue weighted by Gasteiger charge is -2.38. The Labute approximate surface area is 322 Å². The summed E-state index contributed by atoms with van der Waals surface area (Å²) in [4.78, 5) is 0. The molecule has 1 nitrogen and oxygen atoms in total. The lowest BCUT2D eigenvalue weighted by atomic mass is 9.76. The highest BCUT2D eigenvalue weighted by atomic mass is 31.1. The maximum atomic E-state index is 7.26. The smallest absolute Gasteiger partial charge is 0.139 e. The first kappa shape index (κ1) is 35.4. The molecule has 1 aliphatic rings. The van der Waals surface area contributed by atoms with Crippen LogP contribution in [0.4, 0.5) is 0 Å². The minimum atomic E-state index is -0.824. The standard InChI is InChI=1S/C39H32OP2.C12H10/c1-39(2)33-25-15-27-35(41(29-17-7-3-8-18-29)30-19-9-4-10-20-30)37(33)40-38-34(39)26-16-28-36(38)42(31-21-11-5-12-22-31)32-23-13-6-14-24-32;1-3-7-11(8-4-1)12-9-5-2-6-10-12/h3-28H,1-2H3;1-10H. The van der Waals surface area contributed by atoms with Gasteiger partial charge in [-0.1, -0.05) is 232 Å². The molecule has 0 saturated heterocycles. The largest absolute Gasteiger partial charge is 0.455 e. The summed E-state index contributed by atoms with van der Waals surface area (Å²) in [5, 5.41) is 7.81. The van der Waals surface area contributed by atoms with E-state index in [0.29, 0.717) is 0 Å². The molecule has 8 aromatic rings. The first-order valence-corrected chi connectivity index (χ1v) is 21.1. The molecule has 1 heterocycles. The molecule has 0 atom stereocenters. The van der Waals surface area contributed by atoms with Crippen molar-refractivity contribution in [1.82, 2.24) is 0 Å². The molecule has 262 valence electrons. The Morgan fingerprint density at radius 3 is 0.889 bits per heavy atom. The number of rotatable bonds is 7. The van der Waals surface area contributed by atoms with E-state index in [0.717, 1.165) is 11.5 Å². The molecular weight excluding hydrogens is 691 g/mol. The topological polar surface area (TPSA) is 9.23 Å². The van der Waals surface area contributed by atoms with Crippen molar-refractivity contribution in [3.05, 3.63) is 230 Å². The second-order valence-corrected chi connectivity index (χ2v) is 18.2. The highest BCUT2D eigenvalue weighted by Crippen LogP contribution is 2.52. The van der Waals surface area contributed by atoms with E-state index in [1.165, 1.54) is 54.1 Å². The summed E-state index contributed by atoms with van der Waals surface area (Å²) in [6, 6.07) is 77.9. The SMILES string of the molecule is CC1(C)c2cccc(P(c3ccccc3)c3ccccc3)c2Oc2c(P(c3ccccc3)c3ccccc3)cccc21.c1ccc(-c2ccccc2)cc1. The zero-order chi connectivity index (χ0) is 36.7. The summed E-state index contributed by atoms with van der Waals surface area (Å²) in [7, 11) is -1.65. The van der Waals surface area contributed by atoms with Crippen molar-refractivity contribution in [1.29, 1.82) is 0 Å². The van der Waals surface area contributed by atoms with Crippen LogP contribution in [-0.2, 0) is 5.41 Å². The summed E-state index contributed by atoms with van der Waals surface area (Å²) in [6.07, 6.45) is 0. The molecule has 3 heteroatoms. The molecular formula is C51H42OP2. The number of ether oxygens (including phenoxy) is 1. The van der Waals surface area contributed by atoms with Crippen molar-refractivity contribution in [3.8, 4) is 22.6 Å². The monoisotopic (exact) mass is 732 g/mol. The molecule has 9 rings (SSSR count). The molecule has 1 aliphatic heterocycles. The van der Waals surface area contributed by atoms with Gasteiger partial charge in [-0.25, -0.2) is 0 Å². The lowest BCUT2D eigenvalue weighted by molar-refractivity contribution is 0.425. The maximum Gasteiger partial charge on any atom is 0.139 e. The van der Waals surface area contributed by atoms with E-state index >= 15 is 0 Å². The quantitative estimate of drug-likeness (QED) is 0.148. The highest BCUT2D eigenvalue weighted by molar-refractivity contribution is 7.80. The Morgan fingerprint density at radius 1 is 0.315 bits per heavy atom. The fourth-order valence-electron chi connectivity index (χ4n) is 7.27. The number of fused-ring (bicyclic) bond motifs is 2. The van der Waals surface area contributed by atoms with Gasteiger partial charge in [0.05, 0.1) is 0 Å². The Hall–Kier alpha value is -5.58. The van der Waals surface area contributed by atoms with Gasteiger partial charge < -0.3 is 4.74 Å². The van der Waals surface area contributed by atoms with E-state index in [1.54, 1.807) is 0 Å². The average Bonchev–Trinajstić information content (AvgIpc) is 3.24. The van der Waals surface area contributed by atoms with Gasteiger partial charge in [0, 0.05) is 27.2 Å². The summed E-state index contributed by atoms with van der Waals surface area (Å²) in [5.41, 5.74) is 4.81. The molecule has 0 radical (unpaired) electrons.